The Morgan fingerprint density at radius 3 is 2.81 bits per heavy atom. The second kappa shape index (κ2) is 5.79. The zero-order chi connectivity index (χ0) is 15.6. The molecule has 0 saturated carbocycles. The summed E-state index contributed by atoms with van der Waals surface area (Å²) in [4.78, 5) is 3.44. The fourth-order valence-corrected chi connectivity index (χ4v) is 3.34. The summed E-state index contributed by atoms with van der Waals surface area (Å²) in [7, 11) is -4.03. The van der Waals surface area contributed by atoms with Gasteiger partial charge in [-0.05, 0) is 52.7 Å². The molecule has 2 aromatic rings. The Morgan fingerprint density at radius 2 is 2.14 bits per heavy atom. The molecule has 0 aliphatic heterocycles. The molecule has 0 amide bonds. The van der Waals surface area contributed by atoms with Crippen LogP contribution in [0.2, 0.25) is 0 Å². The Bertz CT molecular complexity index is 847. The zero-order valence-electron chi connectivity index (χ0n) is 10.8. The van der Waals surface area contributed by atoms with Crippen LogP contribution in [-0.2, 0) is 10.0 Å². The minimum atomic E-state index is -4.03. The van der Waals surface area contributed by atoms with Crippen molar-refractivity contribution in [3.63, 3.8) is 0 Å². The second-order valence-electron chi connectivity index (χ2n) is 4.15. The average Bonchev–Trinajstić information content (AvgIpc) is 2.44. The van der Waals surface area contributed by atoms with Crippen molar-refractivity contribution >= 4 is 31.6 Å². The Kier molecular flexibility index (Phi) is 4.25. The van der Waals surface area contributed by atoms with Gasteiger partial charge in [-0.2, -0.15) is 5.26 Å². The van der Waals surface area contributed by atoms with Crippen LogP contribution in [0.5, 0.6) is 0 Å². The van der Waals surface area contributed by atoms with Crippen LogP contribution in [0.15, 0.2) is 39.8 Å². The van der Waals surface area contributed by atoms with E-state index in [1.54, 1.807) is 13.0 Å². The predicted octanol–water partition coefficient (Wildman–Crippen LogP) is 2.96. The van der Waals surface area contributed by atoms with E-state index in [9.17, 15) is 12.8 Å². The molecule has 1 N–H and O–H groups in total. The predicted molar refractivity (Wildman–Crippen MR) is 78.6 cm³/mol. The molecule has 0 unspecified atom stereocenters. The van der Waals surface area contributed by atoms with Crippen molar-refractivity contribution in [2.45, 2.75) is 11.8 Å². The number of sulfonamides is 1. The van der Waals surface area contributed by atoms with E-state index in [2.05, 4.69) is 25.6 Å². The standard InChI is InChI=1S/C13H9BrFN3O2S/c1-8-5-9(14)10(15)6-11(8)18-21(19,20)13-3-2-4-17-12(13)7-16/h2-6,18H,1H3. The van der Waals surface area contributed by atoms with Crippen molar-refractivity contribution < 1.29 is 12.8 Å². The number of aromatic nitrogens is 1. The van der Waals surface area contributed by atoms with Crippen molar-refractivity contribution in [2.24, 2.45) is 0 Å². The van der Waals surface area contributed by atoms with E-state index >= 15 is 0 Å². The van der Waals surface area contributed by atoms with Gasteiger partial charge in [-0.3, -0.25) is 4.72 Å². The lowest BCUT2D eigenvalue weighted by molar-refractivity contribution is 0.600. The smallest absolute Gasteiger partial charge is 0.264 e. The van der Waals surface area contributed by atoms with Crippen LogP contribution in [0.25, 0.3) is 0 Å². The number of nitrogens with zero attached hydrogens (tertiary/aromatic N) is 2. The van der Waals surface area contributed by atoms with E-state index in [1.807, 2.05) is 0 Å². The van der Waals surface area contributed by atoms with Gasteiger partial charge in [-0.25, -0.2) is 17.8 Å². The molecule has 2 rings (SSSR count). The first kappa shape index (κ1) is 15.4. The summed E-state index contributed by atoms with van der Waals surface area (Å²) in [6.45, 7) is 1.64. The summed E-state index contributed by atoms with van der Waals surface area (Å²) in [6.07, 6.45) is 1.32. The lowest BCUT2D eigenvalue weighted by atomic mass is 10.2. The van der Waals surface area contributed by atoms with E-state index in [-0.39, 0.29) is 20.7 Å². The van der Waals surface area contributed by atoms with Crippen molar-refractivity contribution in [2.75, 3.05) is 4.72 Å². The second-order valence-corrected chi connectivity index (χ2v) is 6.65. The average molecular weight is 370 g/mol. The number of halogens is 2. The number of hydrogen-bond donors (Lipinski definition) is 1. The van der Waals surface area contributed by atoms with Crippen LogP contribution < -0.4 is 4.72 Å². The monoisotopic (exact) mass is 369 g/mol. The summed E-state index contributed by atoms with van der Waals surface area (Å²) in [5.41, 5.74) is 0.415. The Hall–Kier alpha value is -1.98. The SMILES string of the molecule is Cc1cc(Br)c(F)cc1NS(=O)(=O)c1cccnc1C#N. The van der Waals surface area contributed by atoms with Gasteiger partial charge in [-0.15, -0.1) is 0 Å². The van der Waals surface area contributed by atoms with Crippen molar-refractivity contribution in [3.05, 3.63) is 52.0 Å². The summed E-state index contributed by atoms with van der Waals surface area (Å²) < 4.78 is 40.6. The van der Waals surface area contributed by atoms with Crippen LogP contribution in [0.1, 0.15) is 11.3 Å². The first-order valence-corrected chi connectivity index (χ1v) is 7.96. The van der Waals surface area contributed by atoms with E-state index in [4.69, 9.17) is 5.26 Å². The zero-order valence-corrected chi connectivity index (χ0v) is 13.2. The van der Waals surface area contributed by atoms with E-state index in [1.165, 1.54) is 24.4 Å². The van der Waals surface area contributed by atoms with Gasteiger partial charge in [0.1, 0.15) is 16.8 Å². The number of nitriles is 1. The lowest BCUT2D eigenvalue weighted by Crippen LogP contribution is -2.16. The maximum atomic E-state index is 13.5. The molecule has 1 aromatic heterocycles. The molecule has 1 aromatic carbocycles. The van der Waals surface area contributed by atoms with Gasteiger partial charge in [0.25, 0.3) is 10.0 Å². The van der Waals surface area contributed by atoms with Gasteiger partial charge in [0, 0.05) is 6.20 Å². The molecule has 108 valence electrons. The molecule has 0 fully saturated rings. The van der Waals surface area contributed by atoms with E-state index < -0.39 is 15.8 Å². The van der Waals surface area contributed by atoms with Crippen LogP contribution in [0.3, 0.4) is 0 Å². The van der Waals surface area contributed by atoms with Gasteiger partial charge < -0.3 is 0 Å². The summed E-state index contributed by atoms with van der Waals surface area (Å²) in [6, 6.07) is 6.91. The largest absolute Gasteiger partial charge is 0.279 e. The fraction of sp³-hybridized carbons (Fsp3) is 0.0769. The summed E-state index contributed by atoms with van der Waals surface area (Å²) in [5, 5.41) is 8.91. The molecule has 0 aliphatic rings. The minimum absolute atomic E-state index is 0.100. The third kappa shape index (κ3) is 3.20. The molecule has 5 nitrogen and oxygen atoms in total. The molecule has 21 heavy (non-hydrogen) atoms. The highest BCUT2D eigenvalue weighted by atomic mass is 79.9. The van der Waals surface area contributed by atoms with Crippen LogP contribution in [0, 0.1) is 24.1 Å². The lowest BCUT2D eigenvalue weighted by Gasteiger charge is -2.11. The molecule has 0 aliphatic carbocycles. The molecular formula is C13H9BrFN3O2S. The number of hydrogen-bond acceptors (Lipinski definition) is 4. The number of anilines is 1. The van der Waals surface area contributed by atoms with Gasteiger partial charge >= 0.3 is 0 Å². The van der Waals surface area contributed by atoms with E-state index in [0.29, 0.717) is 5.56 Å². The molecule has 0 saturated heterocycles. The molecule has 0 spiro atoms. The van der Waals surface area contributed by atoms with Gasteiger partial charge in [-0.1, -0.05) is 0 Å². The van der Waals surface area contributed by atoms with E-state index in [0.717, 1.165) is 6.07 Å². The normalized spacial score (nSPS) is 11.0. The summed E-state index contributed by atoms with van der Waals surface area (Å²) in [5.74, 6) is -0.593. The third-order valence-electron chi connectivity index (χ3n) is 2.68. The number of aryl methyl sites for hydroxylation is 1. The highest BCUT2D eigenvalue weighted by Gasteiger charge is 2.20. The van der Waals surface area contributed by atoms with Crippen molar-refractivity contribution in [3.8, 4) is 6.07 Å². The first-order valence-electron chi connectivity index (χ1n) is 5.69. The Labute approximate surface area is 129 Å². The Morgan fingerprint density at radius 1 is 1.43 bits per heavy atom. The number of benzene rings is 1. The third-order valence-corrected chi connectivity index (χ3v) is 4.68. The fourth-order valence-electron chi connectivity index (χ4n) is 1.65. The van der Waals surface area contributed by atoms with Gasteiger partial charge in [0.05, 0.1) is 10.2 Å². The molecular weight excluding hydrogens is 361 g/mol. The topological polar surface area (TPSA) is 82.8 Å². The van der Waals surface area contributed by atoms with Crippen LogP contribution in [0.4, 0.5) is 10.1 Å². The number of pyridine rings is 1. The number of nitrogens with one attached hydrogen (secondary N) is 1. The minimum Gasteiger partial charge on any atom is -0.279 e. The highest BCUT2D eigenvalue weighted by Crippen LogP contribution is 2.26. The molecule has 8 heteroatoms. The van der Waals surface area contributed by atoms with Crippen LogP contribution in [-0.4, -0.2) is 13.4 Å². The van der Waals surface area contributed by atoms with Crippen LogP contribution >= 0.6 is 15.9 Å². The molecule has 0 atom stereocenters. The molecule has 0 bridgehead atoms. The quantitative estimate of drug-likeness (QED) is 0.901. The first-order chi connectivity index (χ1) is 9.85. The summed E-state index contributed by atoms with van der Waals surface area (Å²) >= 11 is 3.02. The van der Waals surface area contributed by atoms with Crippen molar-refractivity contribution in [1.82, 2.24) is 4.98 Å². The highest BCUT2D eigenvalue weighted by molar-refractivity contribution is 9.10. The van der Waals surface area contributed by atoms with Crippen molar-refractivity contribution in [1.29, 1.82) is 5.26 Å². The molecule has 0 radical (unpaired) electrons. The Balaban J connectivity index is 2.48. The maximum Gasteiger partial charge on any atom is 0.264 e. The maximum absolute atomic E-state index is 13.5. The van der Waals surface area contributed by atoms with Gasteiger partial charge in [0.2, 0.25) is 0 Å². The molecule has 1 heterocycles. The number of rotatable bonds is 3. The van der Waals surface area contributed by atoms with Gasteiger partial charge in [0.15, 0.2) is 5.69 Å².